The van der Waals surface area contributed by atoms with Gasteiger partial charge in [0.25, 0.3) is 5.91 Å². The van der Waals surface area contributed by atoms with Crippen molar-refractivity contribution in [1.82, 2.24) is 14.8 Å². The van der Waals surface area contributed by atoms with Gasteiger partial charge in [0, 0.05) is 5.56 Å². The van der Waals surface area contributed by atoms with E-state index in [-0.39, 0.29) is 5.01 Å². The van der Waals surface area contributed by atoms with Crippen molar-refractivity contribution in [3.8, 4) is 11.4 Å². The van der Waals surface area contributed by atoms with Crippen LogP contribution in [0.5, 0.6) is 0 Å². The molecule has 0 spiro atoms. The van der Waals surface area contributed by atoms with E-state index < -0.39 is 5.91 Å². The number of aromatic nitrogens is 2. The number of benzene rings is 1. The average molecular weight is 234 g/mol. The highest BCUT2D eigenvalue weighted by Crippen LogP contribution is 2.18. The minimum atomic E-state index is -0.420. The molecule has 0 unspecified atom stereocenters. The highest BCUT2D eigenvalue weighted by molar-refractivity contribution is 7.07. The number of carbonyl (C=O) groups is 1. The summed E-state index contributed by atoms with van der Waals surface area (Å²) in [5.41, 5.74) is 4.08. The summed E-state index contributed by atoms with van der Waals surface area (Å²) in [7, 11) is 0. The largest absolute Gasteiger partial charge is 0.295 e. The van der Waals surface area contributed by atoms with E-state index in [0.717, 1.165) is 17.1 Å². The summed E-state index contributed by atoms with van der Waals surface area (Å²) in [6.07, 6.45) is 0. The fourth-order valence-electron chi connectivity index (χ4n) is 1.20. The van der Waals surface area contributed by atoms with Crippen LogP contribution in [0.15, 0.2) is 24.3 Å². The van der Waals surface area contributed by atoms with E-state index in [1.807, 2.05) is 36.6 Å². The number of nitrogens with one attached hydrogen (secondary N) is 1. The first kappa shape index (κ1) is 10.7. The zero-order valence-corrected chi connectivity index (χ0v) is 9.41. The highest BCUT2D eigenvalue weighted by atomic mass is 32.1. The Balaban J connectivity index is 2.31. The molecule has 5 nitrogen and oxygen atoms in total. The van der Waals surface area contributed by atoms with E-state index in [1.165, 1.54) is 5.56 Å². The SMILES string of the molecule is Cc1ccc(-c2nsc(C(=O)NN)n2)cc1. The van der Waals surface area contributed by atoms with Crippen LogP contribution in [0.25, 0.3) is 11.4 Å². The fourth-order valence-corrected chi connectivity index (χ4v) is 1.79. The van der Waals surface area contributed by atoms with Gasteiger partial charge >= 0.3 is 0 Å². The minimum absolute atomic E-state index is 0.262. The van der Waals surface area contributed by atoms with Gasteiger partial charge in [0.15, 0.2) is 5.82 Å². The van der Waals surface area contributed by atoms with Crippen molar-refractivity contribution in [2.75, 3.05) is 0 Å². The zero-order valence-electron chi connectivity index (χ0n) is 8.60. The lowest BCUT2D eigenvalue weighted by Crippen LogP contribution is -2.29. The number of nitrogen functional groups attached to an aromatic ring is 1. The minimum Gasteiger partial charge on any atom is -0.288 e. The third-order valence-corrected chi connectivity index (χ3v) is 2.77. The Morgan fingerprint density at radius 2 is 2.06 bits per heavy atom. The molecule has 1 heterocycles. The summed E-state index contributed by atoms with van der Waals surface area (Å²) < 4.78 is 4.10. The maximum atomic E-state index is 11.2. The van der Waals surface area contributed by atoms with Crippen molar-refractivity contribution in [3.63, 3.8) is 0 Å². The van der Waals surface area contributed by atoms with Gasteiger partial charge in [-0.05, 0) is 18.5 Å². The monoisotopic (exact) mass is 234 g/mol. The molecule has 16 heavy (non-hydrogen) atoms. The first-order valence-corrected chi connectivity index (χ1v) is 5.40. The van der Waals surface area contributed by atoms with Gasteiger partial charge in [-0.2, -0.15) is 4.37 Å². The Bertz CT molecular complexity index is 506. The topological polar surface area (TPSA) is 80.9 Å². The predicted octanol–water partition coefficient (Wildman–Crippen LogP) is 1.12. The van der Waals surface area contributed by atoms with Crippen molar-refractivity contribution < 1.29 is 4.79 Å². The summed E-state index contributed by atoms with van der Waals surface area (Å²) in [6, 6.07) is 7.78. The lowest BCUT2D eigenvalue weighted by molar-refractivity contribution is 0.0953. The van der Waals surface area contributed by atoms with Crippen LogP contribution in [0.4, 0.5) is 0 Å². The van der Waals surface area contributed by atoms with Crippen LogP contribution in [0.2, 0.25) is 0 Å². The number of hydrogen-bond donors (Lipinski definition) is 2. The Kier molecular flexibility index (Phi) is 2.93. The molecule has 82 valence electrons. The van der Waals surface area contributed by atoms with Crippen LogP contribution < -0.4 is 11.3 Å². The van der Waals surface area contributed by atoms with E-state index in [2.05, 4.69) is 9.36 Å². The van der Waals surface area contributed by atoms with Crippen LogP contribution in [0.1, 0.15) is 15.4 Å². The molecular formula is C10H10N4OS. The maximum Gasteiger partial charge on any atom is 0.295 e. The highest BCUT2D eigenvalue weighted by Gasteiger charge is 2.11. The van der Waals surface area contributed by atoms with Crippen LogP contribution in [-0.4, -0.2) is 15.3 Å². The summed E-state index contributed by atoms with van der Waals surface area (Å²) in [5, 5.41) is 0.262. The van der Waals surface area contributed by atoms with Crippen LogP contribution in [0.3, 0.4) is 0 Å². The van der Waals surface area contributed by atoms with E-state index in [4.69, 9.17) is 5.84 Å². The molecule has 0 aliphatic heterocycles. The van der Waals surface area contributed by atoms with Gasteiger partial charge in [-0.25, -0.2) is 10.8 Å². The predicted molar refractivity (Wildman–Crippen MR) is 61.7 cm³/mol. The number of aryl methyl sites for hydroxylation is 1. The quantitative estimate of drug-likeness (QED) is 0.463. The smallest absolute Gasteiger partial charge is 0.288 e. The summed E-state index contributed by atoms with van der Waals surface area (Å²) >= 11 is 1.03. The number of hydrazine groups is 1. The van der Waals surface area contributed by atoms with E-state index in [0.29, 0.717) is 5.82 Å². The average Bonchev–Trinajstić information content (AvgIpc) is 2.78. The molecule has 0 bridgehead atoms. The molecule has 2 rings (SSSR count). The number of carbonyl (C=O) groups excluding carboxylic acids is 1. The van der Waals surface area contributed by atoms with Gasteiger partial charge in [0.2, 0.25) is 5.01 Å². The van der Waals surface area contributed by atoms with E-state index in [1.54, 1.807) is 0 Å². The zero-order chi connectivity index (χ0) is 11.5. The fraction of sp³-hybridized carbons (Fsp3) is 0.100. The molecule has 0 aliphatic rings. The Morgan fingerprint density at radius 3 is 2.69 bits per heavy atom. The summed E-state index contributed by atoms with van der Waals surface area (Å²) in [6.45, 7) is 2.01. The van der Waals surface area contributed by atoms with Crippen molar-refractivity contribution in [2.45, 2.75) is 6.92 Å². The van der Waals surface area contributed by atoms with Gasteiger partial charge in [0.1, 0.15) is 0 Å². The van der Waals surface area contributed by atoms with Gasteiger partial charge in [-0.15, -0.1) is 0 Å². The molecule has 0 saturated carbocycles. The van der Waals surface area contributed by atoms with Gasteiger partial charge in [0.05, 0.1) is 0 Å². The lowest BCUT2D eigenvalue weighted by atomic mass is 10.1. The third-order valence-electron chi connectivity index (χ3n) is 2.06. The second-order valence-electron chi connectivity index (χ2n) is 3.26. The molecule has 0 saturated heterocycles. The summed E-state index contributed by atoms with van der Waals surface area (Å²) in [5.74, 6) is 5.14. The second kappa shape index (κ2) is 4.38. The first-order valence-electron chi connectivity index (χ1n) is 4.62. The van der Waals surface area contributed by atoms with Crippen molar-refractivity contribution in [2.24, 2.45) is 5.84 Å². The number of nitrogens with two attached hydrogens (primary N) is 1. The summed E-state index contributed by atoms with van der Waals surface area (Å²) in [4.78, 5) is 15.3. The van der Waals surface area contributed by atoms with Crippen molar-refractivity contribution in [3.05, 3.63) is 34.8 Å². The molecule has 0 fully saturated rings. The maximum absolute atomic E-state index is 11.2. The second-order valence-corrected chi connectivity index (χ2v) is 4.01. The molecule has 0 atom stereocenters. The Hall–Kier alpha value is -1.79. The molecule has 6 heteroatoms. The Morgan fingerprint density at radius 1 is 1.38 bits per heavy atom. The molecule has 1 aromatic carbocycles. The van der Waals surface area contributed by atoms with Crippen molar-refractivity contribution in [1.29, 1.82) is 0 Å². The van der Waals surface area contributed by atoms with Gasteiger partial charge < -0.3 is 0 Å². The van der Waals surface area contributed by atoms with Crippen LogP contribution >= 0.6 is 11.5 Å². The third kappa shape index (κ3) is 2.07. The number of amides is 1. The number of hydrogen-bond acceptors (Lipinski definition) is 5. The molecular weight excluding hydrogens is 224 g/mol. The molecule has 1 amide bonds. The molecule has 1 aromatic heterocycles. The molecule has 0 aliphatic carbocycles. The van der Waals surface area contributed by atoms with Gasteiger partial charge in [-0.1, -0.05) is 29.8 Å². The van der Waals surface area contributed by atoms with E-state index >= 15 is 0 Å². The van der Waals surface area contributed by atoms with Gasteiger partial charge in [-0.3, -0.25) is 10.2 Å². The lowest BCUT2D eigenvalue weighted by Gasteiger charge is -1.95. The molecule has 0 radical (unpaired) electrons. The number of nitrogens with zero attached hydrogens (tertiary/aromatic N) is 2. The van der Waals surface area contributed by atoms with Crippen LogP contribution in [-0.2, 0) is 0 Å². The van der Waals surface area contributed by atoms with Crippen molar-refractivity contribution >= 4 is 17.4 Å². The molecule has 3 N–H and O–H groups in total. The molecule has 2 aromatic rings. The Labute approximate surface area is 96.5 Å². The normalized spacial score (nSPS) is 10.1. The first-order chi connectivity index (χ1) is 7.70. The van der Waals surface area contributed by atoms with E-state index in [9.17, 15) is 4.79 Å². The van der Waals surface area contributed by atoms with Crippen LogP contribution in [0, 0.1) is 6.92 Å². The standard InChI is InChI=1S/C10H10N4OS/c1-6-2-4-7(5-3-6)8-12-10(16-14-8)9(15)13-11/h2-5H,11H2,1H3,(H,13,15). The number of rotatable bonds is 2.